The zero-order valence-corrected chi connectivity index (χ0v) is 8.01. The van der Waals surface area contributed by atoms with E-state index in [-0.39, 0.29) is 6.42 Å². The van der Waals surface area contributed by atoms with Crippen molar-refractivity contribution in [1.82, 2.24) is 0 Å². The van der Waals surface area contributed by atoms with Gasteiger partial charge in [0.25, 0.3) is 0 Å². The van der Waals surface area contributed by atoms with Gasteiger partial charge in [-0.2, -0.15) is 0 Å². The molecule has 0 rings (SSSR count). The van der Waals surface area contributed by atoms with Gasteiger partial charge in [-0.25, -0.2) is 0 Å². The lowest BCUT2D eigenvalue weighted by molar-refractivity contribution is -0.143. The van der Waals surface area contributed by atoms with E-state index in [1.54, 1.807) is 19.1 Å². The van der Waals surface area contributed by atoms with E-state index in [4.69, 9.17) is 15.9 Å². The average molecular weight is 201 g/mol. The molecular formula is C9H15NO4. The van der Waals surface area contributed by atoms with E-state index in [1.807, 2.05) is 0 Å². The maximum absolute atomic E-state index is 10.7. The summed E-state index contributed by atoms with van der Waals surface area (Å²) in [5, 5.41) is 17.3. The van der Waals surface area contributed by atoms with Crippen molar-refractivity contribution in [1.29, 1.82) is 0 Å². The van der Waals surface area contributed by atoms with E-state index in [9.17, 15) is 9.59 Å². The van der Waals surface area contributed by atoms with Crippen LogP contribution >= 0.6 is 0 Å². The smallest absolute Gasteiger partial charge is 0.320 e. The summed E-state index contributed by atoms with van der Waals surface area (Å²) < 4.78 is 0. The number of nitrogens with two attached hydrogens (primary N) is 1. The normalized spacial score (nSPS) is 15.3. The summed E-state index contributed by atoms with van der Waals surface area (Å²) in [5.74, 6) is -2.91. The summed E-state index contributed by atoms with van der Waals surface area (Å²) in [6.45, 7) is 1.77. The molecule has 0 amide bonds. The summed E-state index contributed by atoms with van der Waals surface area (Å²) in [4.78, 5) is 21.1. The van der Waals surface area contributed by atoms with Crippen molar-refractivity contribution in [3.63, 3.8) is 0 Å². The average Bonchev–Trinajstić information content (AvgIpc) is 2.10. The molecule has 0 aliphatic heterocycles. The van der Waals surface area contributed by atoms with E-state index in [2.05, 4.69) is 0 Å². The molecule has 0 saturated carbocycles. The molecule has 0 fully saturated rings. The highest BCUT2D eigenvalue weighted by Gasteiger charge is 2.22. The van der Waals surface area contributed by atoms with E-state index < -0.39 is 23.9 Å². The quantitative estimate of drug-likeness (QED) is 0.542. The third-order valence-corrected chi connectivity index (χ3v) is 1.86. The second-order valence-electron chi connectivity index (χ2n) is 3.02. The van der Waals surface area contributed by atoms with Crippen LogP contribution in [0.5, 0.6) is 0 Å². The first-order valence-electron chi connectivity index (χ1n) is 4.31. The van der Waals surface area contributed by atoms with Gasteiger partial charge in [0.2, 0.25) is 0 Å². The van der Waals surface area contributed by atoms with Crippen LogP contribution in [0.15, 0.2) is 12.2 Å². The third kappa shape index (κ3) is 4.61. The fourth-order valence-electron chi connectivity index (χ4n) is 1.01. The Kier molecular flexibility index (Phi) is 5.55. The lowest BCUT2D eigenvalue weighted by Gasteiger charge is -2.12. The van der Waals surface area contributed by atoms with Crippen LogP contribution in [0.2, 0.25) is 0 Å². The molecule has 0 aliphatic carbocycles. The fourth-order valence-corrected chi connectivity index (χ4v) is 1.01. The highest BCUT2D eigenvalue weighted by Crippen LogP contribution is 2.12. The number of carbonyl (C=O) groups is 2. The van der Waals surface area contributed by atoms with Gasteiger partial charge in [-0.05, 0) is 19.8 Å². The summed E-state index contributed by atoms with van der Waals surface area (Å²) >= 11 is 0. The summed E-state index contributed by atoms with van der Waals surface area (Å²) in [6.07, 6.45) is 3.68. The van der Waals surface area contributed by atoms with Crippen molar-refractivity contribution in [2.75, 3.05) is 0 Å². The van der Waals surface area contributed by atoms with Gasteiger partial charge >= 0.3 is 11.9 Å². The molecule has 5 heteroatoms. The van der Waals surface area contributed by atoms with Gasteiger partial charge in [0.15, 0.2) is 0 Å². The van der Waals surface area contributed by atoms with Gasteiger partial charge in [-0.1, -0.05) is 12.2 Å². The van der Waals surface area contributed by atoms with E-state index in [0.717, 1.165) is 0 Å². The predicted molar refractivity (Wildman–Crippen MR) is 50.8 cm³/mol. The Labute approximate surface area is 82.2 Å². The Bertz CT molecular complexity index is 237. The molecule has 2 atom stereocenters. The molecule has 0 saturated heterocycles. The van der Waals surface area contributed by atoms with Crippen molar-refractivity contribution in [3.05, 3.63) is 12.2 Å². The van der Waals surface area contributed by atoms with Crippen LogP contribution in [0.4, 0.5) is 0 Å². The van der Waals surface area contributed by atoms with Crippen LogP contribution < -0.4 is 5.73 Å². The molecule has 0 aromatic carbocycles. The first kappa shape index (κ1) is 12.6. The van der Waals surface area contributed by atoms with Crippen LogP contribution in [0, 0.1) is 5.92 Å². The number of carboxylic acids is 2. The van der Waals surface area contributed by atoms with Gasteiger partial charge in [-0.3, -0.25) is 9.59 Å². The molecule has 0 aromatic heterocycles. The minimum atomic E-state index is -1.17. The van der Waals surface area contributed by atoms with Crippen LogP contribution in [0.3, 0.4) is 0 Å². The molecule has 0 aromatic rings. The predicted octanol–water partition coefficient (Wildman–Crippen LogP) is 0.455. The molecule has 0 radical (unpaired) electrons. The van der Waals surface area contributed by atoms with Crippen LogP contribution in [-0.4, -0.2) is 28.2 Å². The Morgan fingerprint density at radius 3 is 2.29 bits per heavy atom. The highest BCUT2D eigenvalue weighted by molar-refractivity contribution is 5.75. The Morgan fingerprint density at radius 1 is 1.36 bits per heavy atom. The zero-order valence-electron chi connectivity index (χ0n) is 8.01. The maximum Gasteiger partial charge on any atom is 0.320 e. The fraction of sp³-hybridized carbons (Fsp3) is 0.556. The molecule has 0 unspecified atom stereocenters. The molecule has 0 bridgehead atoms. The topological polar surface area (TPSA) is 101 Å². The number of carboxylic acid groups (broad SMARTS) is 2. The standard InChI is InChI=1S/C9H15NO4/c1-2-3-4-6(8(11)12)5-7(10)9(13)14/h2-3,6-7H,4-5,10H2,1H3,(H,11,12)(H,13,14)/b3-2+/t6-,7+/m1/s1. The van der Waals surface area contributed by atoms with Crippen molar-refractivity contribution in [3.8, 4) is 0 Å². The lowest BCUT2D eigenvalue weighted by atomic mass is 9.97. The molecule has 14 heavy (non-hydrogen) atoms. The van der Waals surface area contributed by atoms with Crippen LogP contribution in [-0.2, 0) is 9.59 Å². The van der Waals surface area contributed by atoms with Gasteiger partial charge in [-0.15, -0.1) is 0 Å². The monoisotopic (exact) mass is 201 g/mol. The van der Waals surface area contributed by atoms with E-state index in [0.29, 0.717) is 6.42 Å². The zero-order chi connectivity index (χ0) is 11.1. The van der Waals surface area contributed by atoms with Crippen LogP contribution in [0.25, 0.3) is 0 Å². The number of allylic oxidation sites excluding steroid dienone is 2. The molecule has 5 nitrogen and oxygen atoms in total. The molecule has 0 spiro atoms. The number of hydrogen-bond donors (Lipinski definition) is 3. The largest absolute Gasteiger partial charge is 0.481 e. The van der Waals surface area contributed by atoms with Crippen molar-refractivity contribution < 1.29 is 19.8 Å². The number of hydrogen-bond acceptors (Lipinski definition) is 3. The van der Waals surface area contributed by atoms with Crippen molar-refractivity contribution >= 4 is 11.9 Å². The minimum absolute atomic E-state index is 0.0466. The Balaban J connectivity index is 4.22. The SMILES string of the molecule is C/C=C/C[C@H](C[C@H](N)C(=O)O)C(=O)O. The van der Waals surface area contributed by atoms with Crippen molar-refractivity contribution in [2.45, 2.75) is 25.8 Å². The second-order valence-corrected chi connectivity index (χ2v) is 3.02. The Hall–Kier alpha value is -1.36. The number of aliphatic carboxylic acids is 2. The first-order chi connectivity index (χ1) is 6.49. The van der Waals surface area contributed by atoms with Gasteiger partial charge < -0.3 is 15.9 Å². The molecule has 4 N–H and O–H groups in total. The van der Waals surface area contributed by atoms with E-state index >= 15 is 0 Å². The maximum atomic E-state index is 10.7. The van der Waals surface area contributed by atoms with E-state index in [1.165, 1.54) is 0 Å². The molecule has 0 aliphatic rings. The second kappa shape index (κ2) is 6.15. The van der Waals surface area contributed by atoms with Crippen LogP contribution in [0.1, 0.15) is 19.8 Å². The summed E-state index contributed by atoms with van der Waals surface area (Å²) in [7, 11) is 0. The molecular weight excluding hydrogens is 186 g/mol. The summed E-state index contributed by atoms with van der Waals surface area (Å²) in [5.41, 5.74) is 5.24. The lowest BCUT2D eigenvalue weighted by Crippen LogP contribution is -2.34. The molecule has 0 heterocycles. The number of rotatable bonds is 6. The first-order valence-corrected chi connectivity index (χ1v) is 4.31. The van der Waals surface area contributed by atoms with Gasteiger partial charge in [0, 0.05) is 0 Å². The van der Waals surface area contributed by atoms with Gasteiger partial charge in [0.1, 0.15) is 6.04 Å². The highest BCUT2D eigenvalue weighted by atomic mass is 16.4. The van der Waals surface area contributed by atoms with Gasteiger partial charge in [0.05, 0.1) is 5.92 Å². The Morgan fingerprint density at radius 2 is 1.93 bits per heavy atom. The molecule has 80 valence electrons. The van der Waals surface area contributed by atoms with Crippen molar-refractivity contribution in [2.24, 2.45) is 11.7 Å². The minimum Gasteiger partial charge on any atom is -0.481 e. The third-order valence-electron chi connectivity index (χ3n) is 1.86. The summed E-state index contributed by atoms with van der Waals surface area (Å²) in [6, 6.07) is -1.11.